The van der Waals surface area contributed by atoms with Crippen LogP contribution in [0.2, 0.25) is 0 Å². The van der Waals surface area contributed by atoms with Gasteiger partial charge in [0.1, 0.15) is 18.6 Å². The van der Waals surface area contributed by atoms with Crippen molar-refractivity contribution in [2.45, 2.75) is 6.92 Å². The van der Waals surface area contributed by atoms with Crippen LogP contribution in [-0.4, -0.2) is 23.9 Å². The van der Waals surface area contributed by atoms with Crippen molar-refractivity contribution in [1.82, 2.24) is 5.01 Å². The van der Waals surface area contributed by atoms with Gasteiger partial charge in [0.2, 0.25) is 0 Å². The highest BCUT2D eigenvalue weighted by atomic mass is 19.1. The van der Waals surface area contributed by atoms with E-state index in [1.165, 1.54) is 18.2 Å². The minimum Gasteiger partial charge on any atom is -0.306 e. The molecule has 1 rings (SSSR count). The molecule has 0 fully saturated rings. The summed E-state index contributed by atoms with van der Waals surface area (Å²) in [6.07, 6.45) is 0.454. The van der Waals surface area contributed by atoms with Gasteiger partial charge in [-0.25, -0.2) is 9.18 Å². The van der Waals surface area contributed by atoms with Crippen LogP contribution in [0.5, 0.6) is 0 Å². The normalized spacial score (nSPS) is 9.53. The lowest BCUT2D eigenvalue weighted by Gasteiger charge is -2.14. The number of amides is 2. The monoisotopic (exact) mass is 238 g/mol. The van der Waals surface area contributed by atoms with Gasteiger partial charge in [-0.1, -0.05) is 5.22 Å². The molecule has 1 aromatic carbocycles. The van der Waals surface area contributed by atoms with Crippen LogP contribution in [0.15, 0.2) is 23.4 Å². The number of nitrogens with zero attached hydrogens (tertiary/aromatic N) is 2. The van der Waals surface area contributed by atoms with Crippen molar-refractivity contribution in [3.05, 3.63) is 29.6 Å². The van der Waals surface area contributed by atoms with E-state index < -0.39 is 11.8 Å². The predicted molar refractivity (Wildman–Crippen MR) is 58.1 cm³/mol. The summed E-state index contributed by atoms with van der Waals surface area (Å²) in [7, 11) is 0. The van der Waals surface area contributed by atoms with Gasteiger partial charge in [-0.05, 0) is 30.7 Å². The van der Waals surface area contributed by atoms with Gasteiger partial charge in [0.05, 0.1) is 0 Å². The third-order valence-electron chi connectivity index (χ3n) is 2.03. The summed E-state index contributed by atoms with van der Waals surface area (Å²) >= 11 is 0. The highest BCUT2D eigenvalue weighted by molar-refractivity contribution is 5.90. The number of aryl methyl sites for hydroxylation is 1. The SMILES string of the molecule is Cc1cc(F)ccc1NC(=O)N(CC=O)N=N. The highest BCUT2D eigenvalue weighted by Gasteiger charge is 2.13. The fourth-order valence-corrected chi connectivity index (χ4v) is 1.19. The first-order chi connectivity index (χ1) is 8.08. The fraction of sp³-hybridized carbons (Fsp3) is 0.200. The molecule has 1 aromatic rings. The lowest BCUT2D eigenvalue weighted by atomic mass is 10.2. The third kappa shape index (κ3) is 3.33. The lowest BCUT2D eigenvalue weighted by Crippen LogP contribution is -2.31. The molecular formula is C10H11FN4O2. The summed E-state index contributed by atoms with van der Waals surface area (Å²) < 4.78 is 12.8. The molecule has 2 N–H and O–H groups in total. The number of aldehydes is 1. The van der Waals surface area contributed by atoms with Crippen LogP contribution >= 0.6 is 0 Å². The number of hydrogen-bond acceptors (Lipinski definition) is 4. The average molecular weight is 238 g/mol. The van der Waals surface area contributed by atoms with Gasteiger partial charge in [-0.15, -0.1) is 0 Å². The maximum Gasteiger partial charge on any atom is 0.344 e. The second kappa shape index (κ2) is 5.69. The quantitative estimate of drug-likeness (QED) is 0.478. The standard InChI is InChI=1S/C10H11FN4O2/c1-7-6-8(11)2-3-9(7)13-10(17)15(14-12)4-5-16/h2-3,5-6,12H,4H2,1H3,(H,13,17). The number of carbonyl (C=O) groups excluding carboxylic acids is 2. The second-order valence-electron chi connectivity index (χ2n) is 3.24. The first-order valence-electron chi connectivity index (χ1n) is 4.74. The number of hydrogen-bond donors (Lipinski definition) is 2. The molecule has 0 saturated carbocycles. The molecule has 17 heavy (non-hydrogen) atoms. The molecule has 0 unspecified atom stereocenters. The third-order valence-corrected chi connectivity index (χ3v) is 2.03. The van der Waals surface area contributed by atoms with E-state index in [-0.39, 0.29) is 6.54 Å². The van der Waals surface area contributed by atoms with Gasteiger partial charge in [0.25, 0.3) is 0 Å². The summed E-state index contributed by atoms with van der Waals surface area (Å²) in [5.41, 5.74) is 7.65. The van der Waals surface area contributed by atoms with Crippen LogP contribution in [0.4, 0.5) is 14.9 Å². The van der Waals surface area contributed by atoms with Crippen molar-refractivity contribution in [2.75, 3.05) is 11.9 Å². The summed E-state index contributed by atoms with van der Waals surface area (Å²) in [5.74, 6) is -0.407. The maximum absolute atomic E-state index is 12.8. The Hall–Kier alpha value is -2.31. The van der Waals surface area contributed by atoms with E-state index in [0.29, 0.717) is 22.5 Å². The smallest absolute Gasteiger partial charge is 0.306 e. The molecule has 0 atom stereocenters. The highest BCUT2D eigenvalue weighted by Crippen LogP contribution is 2.16. The second-order valence-corrected chi connectivity index (χ2v) is 3.24. The van der Waals surface area contributed by atoms with Gasteiger partial charge >= 0.3 is 6.03 Å². The Morgan fingerprint density at radius 1 is 1.65 bits per heavy atom. The summed E-state index contributed by atoms with van der Waals surface area (Å²) in [6.45, 7) is 1.32. The molecule has 0 bridgehead atoms. The molecule has 0 aliphatic carbocycles. The number of urea groups is 1. The minimum atomic E-state index is -0.721. The topological polar surface area (TPSA) is 85.6 Å². The van der Waals surface area contributed by atoms with Crippen LogP contribution in [-0.2, 0) is 4.79 Å². The molecule has 2 amide bonds. The zero-order valence-electron chi connectivity index (χ0n) is 9.11. The first kappa shape index (κ1) is 12.8. The molecule has 6 nitrogen and oxygen atoms in total. The Morgan fingerprint density at radius 2 is 2.35 bits per heavy atom. The predicted octanol–water partition coefficient (Wildman–Crippen LogP) is 2.11. The van der Waals surface area contributed by atoms with Crippen molar-refractivity contribution < 1.29 is 14.0 Å². The molecule has 0 aromatic heterocycles. The Balaban J connectivity index is 2.79. The maximum atomic E-state index is 12.8. The Morgan fingerprint density at radius 3 is 2.88 bits per heavy atom. The molecular weight excluding hydrogens is 227 g/mol. The van der Waals surface area contributed by atoms with Crippen molar-refractivity contribution >= 4 is 18.0 Å². The van der Waals surface area contributed by atoms with E-state index >= 15 is 0 Å². The Bertz CT molecular complexity index is 450. The summed E-state index contributed by atoms with van der Waals surface area (Å²) in [4.78, 5) is 21.7. The van der Waals surface area contributed by atoms with Crippen LogP contribution in [0.25, 0.3) is 0 Å². The number of rotatable bonds is 4. The summed E-state index contributed by atoms with van der Waals surface area (Å²) in [6, 6.07) is 3.13. The lowest BCUT2D eigenvalue weighted by molar-refractivity contribution is -0.108. The molecule has 0 heterocycles. The average Bonchev–Trinajstić information content (AvgIpc) is 2.29. The zero-order chi connectivity index (χ0) is 12.8. The van der Waals surface area contributed by atoms with E-state index in [4.69, 9.17) is 5.53 Å². The van der Waals surface area contributed by atoms with Crippen LogP contribution in [0.3, 0.4) is 0 Å². The van der Waals surface area contributed by atoms with Crippen LogP contribution in [0, 0.1) is 18.3 Å². The van der Waals surface area contributed by atoms with Gasteiger partial charge in [-0.2, -0.15) is 10.5 Å². The van der Waals surface area contributed by atoms with Crippen molar-refractivity contribution in [3.63, 3.8) is 0 Å². The van der Waals surface area contributed by atoms with E-state index in [1.54, 1.807) is 6.92 Å². The molecule has 7 heteroatoms. The molecule has 0 spiro atoms. The van der Waals surface area contributed by atoms with Crippen molar-refractivity contribution in [1.29, 1.82) is 5.53 Å². The van der Waals surface area contributed by atoms with E-state index in [9.17, 15) is 14.0 Å². The van der Waals surface area contributed by atoms with Gasteiger partial charge in [-0.3, -0.25) is 0 Å². The van der Waals surface area contributed by atoms with E-state index in [1.807, 2.05) is 0 Å². The zero-order valence-corrected chi connectivity index (χ0v) is 9.11. The van der Waals surface area contributed by atoms with Crippen molar-refractivity contribution in [3.8, 4) is 0 Å². The number of benzene rings is 1. The number of halogens is 1. The number of nitrogens with one attached hydrogen (secondary N) is 2. The van der Waals surface area contributed by atoms with Gasteiger partial charge < -0.3 is 10.1 Å². The molecule has 0 radical (unpaired) electrons. The Labute approximate surface area is 96.9 Å². The van der Waals surface area contributed by atoms with Crippen LogP contribution < -0.4 is 5.32 Å². The van der Waals surface area contributed by atoms with Gasteiger partial charge in [0.15, 0.2) is 0 Å². The van der Waals surface area contributed by atoms with Crippen LogP contribution in [0.1, 0.15) is 5.56 Å². The number of carbonyl (C=O) groups is 2. The minimum absolute atomic E-state index is 0.310. The van der Waals surface area contributed by atoms with Gasteiger partial charge in [0, 0.05) is 5.69 Å². The van der Waals surface area contributed by atoms with E-state index in [2.05, 4.69) is 10.5 Å². The molecule has 0 saturated heterocycles. The summed E-state index contributed by atoms with van der Waals surface area (Å²) in [5, 5.41) is 5.96. The fourth-order valence-electron chi connectivity index (χ4n) is 1.19. The first-order valence-corrected chi connectivity index (χ1v) is 4.74. The molecule has 90 valence electrons. The molecule has 0 aliphatic heterocycles. The Kier molecular flexibility index (Phi) is 4.27. The molecule has 0 aliphatic rings. The van der Waals surface area contributed by atoms with Crippen molar-refractivity contribution in [2.24, 2.45) is 5.22 Å². The largest absolute Gasteiger partial charge is 0.344 e. The number of anilines is 1. The van der Waals surface area contributed by atoms with E-state index in [0.717, 1.165) is 0 Å².